The zero-order valence-corrected chi connectivity index (χ0v) is 10.2. The molecule has 0 radical (unpaired) electrons. The van der Waals surface area contributed by atoms with Gasteiger partial charge in [0.1, 0.15) is 0 Å². The van der Waals surface area contributed by atoms with Crippen LogP contribution in [0.5, 0.6) is 0 Å². The number of nitrogens with zero attached hydrogens (tertiary/aromatic N) is 2. The molecule has 1 amide bonds. The Labute approximate surface area is 106 Å². The summed E-state index contributed by atoms with van der Waals surface area (Å²) < 4.78 is 1.77. The summed E-state index contributed by atoms with van der Waals surface area (Å²) in [6.07, 6.45) is 3.59. The Balaban J connectivity index is 2.16. The number of nitrogens with one attached hydrogen (secondary N) is 1. The first-order valence-corrected chi connectivity index (χ1v) is 5.79. The summed E-state index contributed by atoms with van der Waals surface area (Å²) in [6.45, 7) is 2.10. The van der Waals surface area contributed by atoms with Gasteiger partial charge >= 0.3 is 0 Å². The van der Waals surface area contributed by atoms with E-state index in [2.05, 4.69) is 10.4 Å². The second kappa shape index (κ2) is 5.46. The van der Waals surface area contributed by atoms with Crippen LogP contribution in [-0.2, 0) is 11.3 Å². The summed E-state index contributed by atoms with van der Waals surface area (Å²) in [5.74, 6) is -0.162. The summed E-state index contributed by atoms with van der Waals surface area (Å²) in [7, 11) is 0. The highest BCUT2D eigenvalue weighted by molar-refractivity contribution is 5.81. The molecule has 1 heterocycles. The summed E-state index contributed by atoms with van der Waals surface area (Å²) in [5, 5.41) is 6.98. The van der Waals surface area contributed by atoms with Crippen molar-refractivity contribution in [3.8, 4) is 5.69 Å². The van der Waals surface area contributed by atoms with Gasteiger partial charge < -0.3 is 11.1 Å². The van der Waals surface area contributed by atoms with E-state index in [9.17, 15) is 4.79 Å². The van der Waals surface area contributed by atoms with Crippen molar-refractivity contribution in [2.75, 3.05) is 0 Å². The number of rotatable bonds is 4. The van der Waals surface area contributed by atoms with Gasteiger partial charge in [0, 0.05) is 18.9 Å². The molecule has 0 saturated heterocycles. The average molecular weight is 244 g/mol. The molecule has 1 aromatic carbocycles. The van der Waals surface area contributed by atoms with E-state index < -0.39 is 6.04 Å². The van der Waals surface area contributed by atoms with Crippen molar-refractivity contribution in [2.24, 2.45) is 5.73 Å². The molecule has 0 saturated carbocycles. The van der Waals surface area contributed by atoms with Gasteiger partial charge in [-0.3, -0.25) is 4.79 Å². The third-order valence-electron chi connectivity index (χ3n) is 2.61. The Morgan fingerprint density at radius 3 is 2.89 bits per heavy atom. The fraction of sp³-hybridized carbons (Fsp3) is 0.231. The number of aromatic nitrogens is 2. The van der Waals surface area contributed by atoms with Crippen molar-refractivity contribution in [3.63, 3.8) is 0 Å². The molecule has 0 bridgehead atoms. The van der Waals surface area contributed by atoms with Crippen molar-refractivity contribution in [2.45, 2.75) is 19.5 Å². The highest BCUT2D eigenvalue weighted by atomic mass is 16.2. The zero-order valence-electron chi connectivity index (χ0n) is 10.2. The molecule has 1 aromatic heterocycles. The molecule has 3 N–H and O–H groups in total. The molecule has 94 valence electrons. The lowest BCUT2D eigenvalue weighted by Gasteiger charge is -2.11. The molecule has 18 heavy (non-hydrogen) atoms. The van der Waals surface area contributed by atoms with Crippen LogP contribution in [0.1, 0.15) is 12.5 Å². The van der Waals surface area contributed by atoms with Crippen molar-refractivity contribution in [1.82, 2.24) is 15.1 Å². The van der Waals surface area contributed by atoms with Gasteiger partial charge in [0.15, 0.2) is 0 Å². The fourth-order valence-electron chi connectivity index (χ4n) is 1.64. The predicted octanol–water partition coefficient (Wildman–Crippen LogP) is 0.836. The SMILES string of the molecule is C[C@H](N)C(=O)NCc1ccccc1-n1cccn1. The van der Waals surface area contributed by atoms with Crippen LogP contribution in [0.4, 0.5) is 0 Å². The summed E-state index contributed by atoms with van der Waals surface area (Å²) in [5.41, 5.74) is 7.45. The normalized spacial score (nSPS) is 12.1. The van der Waals surface area contributed by atoms with Crippen LogP contribution >= 0.6 is 0 Å². The number of amides is 1. The van der Waals surface area contributed by atoms with Crippen LogP contribution in [0.25, 0.3) is 5.69 Å². The third kappa shape index (κ3) is 2.75. The zero-order chi connectivity index (χ0) is 13.0. The molecule has 0 aliphatic heterocycles. The van der Waals surface area contributed by atoms with E-state index in [1.807, 2.05) is 36.5 Å². The van der Waals surface area contributed by atoms with Crippen molar-refractivity contribution < 1.29 is 4.79 Å². The largest absolute Gasteiger partial charge is 0.351 e. The Morgan fingerprint density at radius 2 is 2.22 bits per heavy atom. The van der Waals surface area contributed by atoms with Gasteiger partial charge in [-0.1, -0.05) is 18.2 Å². The van der Waals surface area contributed by atoms with Crippen LogP contribution in [0.2, 0.25) is 0 Å². The number of benzene rings is 1. The molecule has 2 aromatic rings. The van der Waals surface area contributed by atoms with E-state index in [1.165, 1.54) is 0 Å². The van der Waals surface area contributed by atoms with Crippen LogP contribution in [0, 0.1) is 0 Å². The Kier molecular flexibility index (Phi) is 3.74. The molecular weight excluding hydrogens is 228 g/mol. The molecule has 1 atom stereocenters. The van der Waals surface area contributed by atoms with Gasteiger partial charge in [0.2, 0.25) is 5.91 Å². The average Bonchev–Trinajstić information content (AvgIpc) is 2.89. The monoisotopic (exact) mass is 244 g/mol. The van der Waals surface area contributed by atoms with Gasteiger partial charge in [-0.25, -0.2) is 4.68 Å². The van der Waals surface area contributed by atoms with Crippen LogP contribution < -0.4 is 11.1 Å². The minimum Gasteiger partial charge on any atom is -0.351 e. The molecule has 0 aliphatic carbocycles. The first-order valence-electron chi connectivity index (χ1n) is 5.79. The number of hydrogen-bond acceptors (Lipinski definition) is 3. The predicted molar refractivity (Wildman–Crippen MR) is 69.1 cm³/mol. The molecule has 0 fully saturated rings. The second-order valence-electron chi connectivity index (χ2n) is 4.09. The molecule has 2 rings (SSSR count). The first-order chi connectivity index (χ1) is 8.68. The molecule has 0 aliphatic rings. The highest BCUT2D eigenvalue weighted by Gasteiger charge is 2.09. The first kappa shape index (κ1) is 12.3. The number of hydrogen-bond donors (Lipinski definition) is 2. The Bertz CT molecular complexity index is 520. The minimum atomic E-state index is -0.498. The van der Waals surface area contributed by atoms with Crippen molar-refractivity contribution >= 4 is 5.91 Å². The lowest BCUT2D eigenvalue weighted by molar-refractivity contribution is -0.122. The topological polar surface area (TPSA) is 72.9 Å². The summed E-state index contributed by atoms with van der Waals surface area (Å²) in [4.78, 5) is 11.5. The van der Waals surface area contributed by atoms with Gasteiger partial charge in [-0.15, -0.1) is 0 Å². The number of carbonyl (C=O) groups excluding carboxylic acids is 1. The van der Waals surface area contributed by atoms with Gasteiger partial charge in [-0.05, 0) is 24.6 Å². The molecule has 5 heteroatoms. The van der Waals surface area contributed by atoms with E-state index in [0.29, 0.717) is 6.54 Å². The van der Waals surface area contributed by atoms with Crippen molar-refractivity contribution in [3.05, 3.63) is 48.3 Å². The summed E-state index contributed by atoms with van der Waals surface area (Å²) >= 11 is 0. The lowest BCUT2D eigenvalue weighted by Crippen LogP contribution is -2.37. The van der Waals surface area contributed by atoms with Gasteiger partial charge in [-0.2, -0.15) is 5.10 Å². The molecule has 0 unspecified atom stereocenters. The molecular formula is C13H16N4O. The number of carbonyl (C=O) groups is 1. The fourth-order valence-corrected chi connectivity index (χ4v) is 1.64. The highest BCUT2D eigenvalue weighted by Crippen LogP contribution is 2.12. The molecule has 5 nitrogen and oxygen atoms in total. The third-order valence-corrected chi connectivity index (χ3v) is 2.61. The maximum absolute atomic E-state index is 11.5. The van der Waals surface area contributed by atoms with Crippen LogP contribution in [0.15, 0.2) is 42.7 Å². The maximum Gasteiger partial charge on any atom is 0.236 e. The van der Waals surface area contributed by atoms with Crippen LogP contribution in [0.3, 0.4) is 0 Å². The standard InChI is InChI=1S/C13H16N4O/c1-10(14)13(18)15-9-11-5-2-3-6-12(11)17-8-4-7-16-17/h2-8,10H,9,14H2,1H3,(H,15,18)/t10-/m0/s1. The number of para-hydroxylation sites is 1. The lowest BCUT2D eigenvalue weighted by atomic mass is 10.1. The van der Waals surface area contributed by atoms with E-state index in [1.54, 1.807) is 17.8 Å². The minimum absolute atomic E-state index is 0.162. The smallest absolute Gasteiger partial charge is 0.236 e. The number of nitrogens with two attached hydrogens (primary N) is 1. The Morgan fingerprint density at radius 1 is 1.44 bits per heavy atom. The van der Waals surface area contributed by atoms with E-state index in [4.69, 9.17) is 5.73 Å². The molecule has 0 spiro atoms. The van der Waals surface area contributed by atoms with E-state index in [-0.39, 0.29) is 5.91 Å². The van der Waals surface area contributed by atoms with Crippen molar-refractivity contribution in [1.29, 1.82) is 0 Å². The van der Waals surface area contributed by atoms with Gasteiger partial charge in [0.05, 0.1) is 11.7 Å². The maximum atomic E-state index is 11.5. The quantitative estimate of drug-likeness (QED) is 0.837. The van der Waals surface area contributed by atoms with E-state index in [0.717, 1.165) is 11.3 Å². The van der Waals surface area contributed by atoms with E-state index >= 15 is 0 Å². The summed E-state index contributed by atoms with van der Waals surface area (Å²) in [6, 6.07) is 9.14. The Hall–Kier alpha value is -2.14. The van der Waals surface area contributed by atoms with Gasteiger partial charge in [0.25, 0.3) is 0 Å². The van der Waals surface area contributed by atoms with Crippen LogP contribution in [-0.4, -0.2) is 21.7 Å². The second-order valence-corrected chi connectivity index (χ2v) is 4.09.